The summed E-state index contributed by atoms with van der Waals surface area (Å²) in [5.41, 5.74) is 0. The molecule has 1 unspecified atom stereocenters. The molecule has 0 aromatic rings. The van der Waals surface area contributed by atoms with Crippen LogP contribution in [0, 0.1) is 0 Å². The summed E-state index contributed by atoms with van der Waals surface area (Å²) >= 11 is 0. The fourth-order valence-electron chi connectivity index (χ4n) is 10.2. The number of hydrogen-bond donors (Lipinski definition) is 0. The molecule has 0 spiro atoms. The van der Waals surface area contributed by atoms with E-state index >= 15 is 0 Å². The molecule has 0 saturated carbocycles. The summed E-state index contributed by atoms with van der Waals surface area (Å²) in [4.78, 5) is 38.2. The van der Waals surface area contributed by atoms with Crippen LogP contribution in [0.2, 0.25) is 0 Å². The highest BCUT2D eigenvalue weighted by Gasteiger charge is 2.19. The zero-order chi connectivity index (χ0) is 57.8. The van der Waals surface area contributed by atoms with Gasteiger partial charge in [-0.15, -0.1) is 0 Å². The average Bonchev–Trinajstić information content (AvgIpc) is 3.46. The van der Waals surface area contributed by atoms with Gasteiger partial charge < -0.3 is 14.2 Å². The van der Waals surface area contributed by atoms with Crippen molar-refractivity contribution in [1.82, 2.24) is 0 Å². The Hall–Kier alpha value is -3.15. The number of esters is 3. The minimum absolute atomic E-state index is 0.0707. The number of carbonyl (C=O) groups excluding carboxylic acids is 3. The number of carbonyl (C=O) groups is 3. The van der Waals surface area contributed by atoms with Crippen LogP contribution >= 0.6 is 0 Å². The maximum atomic E-state index is 12.9. The van der Waals surface area contributed by atoms with Crippen molar-refractivity contribution in [1.29, 1.82) is 0 Å². The van der Waals surface area contributed by atoms with Gasteiger partial charge in [-0.3, -0.25) is 14.4 Å². The fraction of sp³-hybridized carbons (Fsp3) is 0.797. The molecule has 0 aliphatic heterocycles. The Kier molecular flexibility index (Phi) is 65.7. The minimum atomic E-state index is -0.772. The monoisotopic (exact) mass is 1120 g/mol. The van der Waals surface area contributed by atoms with Crippen LogP contribution in [-0.4, -0.2) is 37.2 Å². The second-order valence-electron chi connectivity index (χ2n) is 23.4. The molecular formula is C74H132O6. The molecule has 6 nitrogen and oxygen atoms in total. The van der Waals surface area contributed by atoms with Gasteiger partial charge in [0.2, 0.25) is 0 Å². The number of unbranched alkanes of at least 4 members (excludes halogenated alkanes) is 41. The van der Waals surface area contributed by atoms with Crippen LogP contribution in [0.15, 0.2) is 72.9 Å². The van der Waals surface area contributed by atoms with E-state index in [1.54, 1.807) is 0 Å². The molecule has 0 heterocycles. The predicted molar refractivity (Wildman–Crippen MR) is 348 cm³/mol. The van der Waals surface area contributed by atoms with Gasteiger partial charge in [0.25, 0.3) is 0 Å². The summed E-state index contributed by atoms with van der Waals surface area (Å²) in [5, 5.41) is 0. The largest absolute Gasteiger partial charge is 0.462 e. The van der Waals surface area contributed by atoms with Crippen molar-refractivity contribution in [2.45, 2.75) is 367 Å². The van der Waals surface area contributed by atoms with Crippen LogP contribution < -0.4 is 0 Å². The number of ether oxygens (including phenoxy) is 3. The van der Waals surface area contributed by atoms with Crippen molar-refractivity contribution in [2.75, 3.05) is 13.2 Å². The van der Waals surface area contributed by atoms with Crippen LogP contribution in [0.4, 0.5) is 0 Å². The summed E-state index contributed by atoms with van der Waals surface area (Å²) in [6.07, 6.45) is 89.5. The summed E-state index contributed by atoms with van der Waals surface area (Å²) in [6.45, 7) is 6.54. The van der Waals surface area contributed by atoms with E-state index in [4.69, 9.17) is 14.2 Å². The summed E-state index contributed by atoms with van der Waals surface area (Å²) in [7, 11) is 0. The molecule has 6 heteroatoms. The molecule has 1 atom stereocenters. The lowest BCUT2D eigenvalue weighted by atomic mass is 10.0. The van der Waals surface area contributed by atoms with Crippen molar-refractivity contribution in [3.63, 3.8) is 0 Å². The standard InChI is InChI=1S/C74H132O6/c1-4-7-10-13-16-19-21-23-25-27-29-31-33-35-36-37-38-40-41-43-45-47-49-51-53-55-58-61-64-67-73(76)79-70-71(69-78-72(75)66-63-60-57-18-15-12-9-6-3)80-74(77)68-65-62-59-56-54-52-50-48-46-44-42-39-34-32-30-28-26-24-22-20-17-14-11-8-5-2/h7,10,16,19,22-25,28-31,71H,4-6,8-9,11-15,17-18,20-21,26-27,32-70H2,1-3H3/b10-7-,19-16-,24-22-,25-23-,30-28-,31-29-. The number of allylic oxidation sites excluding steroid dienone is 12. The van der Waals surface area contributed by atoms with Crippen molar-refractivity contribution < 1.29 is 28.6 Å². The van der Waals surface area contributed by atoms with E-state index in [9.17, 15) is 14.4 Å². The van der Waals surface area contributed by atoms with Crippen molar-refractivity contribution in [2.24, 2.45) is 0 Å². The van der Waals surface area contributed by atoms with Gasteiger partial charge >= 0.3 is 17.9 Å². The maximum absolute atomic E-state index is 12.9. The van der Waals surface area contributed by atoms with Crippen LogP contribution in [-0.2, 0) is 28.6 Å². The van der Waals surface area contributed by atoms with Crippen LogP contribution in [0.25, 0.3) is 0 Å². The lowest BCUT2D eigenvalue weighted by Crippen LogP contribution is -2.30. The third kappa shape index (κ3) is 65.7. The lowest BCUT2D eigenvalue weighted by molar-refractivity contribution is -0.167. The summed E-state index contributed by atoms with van der Waals surface area (Å²) in [5.74, 6) is -0.856. The van der Waals surface area contributed by atoms with Gasteiger partial charge in [-0.1, -0.05) is 325 Å². The zero-order valence-corrected chi connectivity index (χ0v) is 53.3. The van der Waals surface area contributed by atoms with E-state index in [1.807, 2.05) is 0 Å². The Morgan fingerprint density at radius 1 is 0.263 bits per heavy atom. The Bertz CT molecular complexity index is 1470. The van der Waals surface area contributed by atoms with E-state index in [0.29, 0.717) is 19.3 Å². The quantitative estimate of drug-likeness (QED) is 0.0261. The van der Waals surface area contributed by atoms with Crippen molar-refractivity contribution in [3.8, 4) is 0 Å². The smallest absolute Gasteiger partial charge is 0.306 e. The first-order valence-electron chi connectivity index (χ1n) is 34.9. The molecule has 0 radical (unpaired) electrons. The van der Waals surface area contributed by atoms with Crippen LogP contribution in [0.1, 0.15) is 361 Å². The molecule has 0 rings (SSSR count). The first-order valence-corrected chi connectivity index (χ1v) is 34.9. The third-order valence-corrected chi connectivity index (χ3v) is 15.4. The highest BCUT2D eigenvalue weighted by molar-refractivity contribution is 5.71. The normalized spacial score (nSPS) is 12.5. The molecule has 464 valence electrons. The SMILES string of the molecule is CC/C=C\C/C=C\C/C=C\C/C=C\CCCCCCCCCCCCCCCCCCC(=O)OCC(COC(=O)CCCCCCCCCC)OC(=O)CCCCCCCCCCCCCCC/C=C\C/C=C\CCCCCCC. The fourth-order valence-corrected chi connectivity index (χ4v) is 10.2. The molecule has 0 amide bonds. The molecule has 0 aromatic carbocycles. The van der Waals surface area contributed by atoms with E-state index in [2.05, 4.69) is 93.7 Å². The molecule has 0 bridgehead atoms. The van der Waals surface area contributed by atoms with E-state index < -0.39 is 6.10 Å². The molecule has 0 aliphatic carbocycles. The first-order chi connectivity index (χ1) is 39.5. The Labute approximate surface area is 497 Å². The second-order valence-corrected chi connectivity index (χ2v) is 23.4. The van der Waals surface area contributed by atoms with Crippen molar-refractivity contribution >= 4 is 17.9 Å². The topological polar surface area (TPSA) is 78.9 Å². The van der Waals surface area contributed by atoms with Gasteiger partial charge in [-0.05, 0) is 89.9 Å². The Balaban J connectivity index is 4.09. The maximum Gasteiger partial charge on any atom is 0.306 e. The second kappa shape index (κ2) is 68.3. The van der Waals surface area contributed by atoms with E-state index in [-0.39, 0.29) is 31.1 Å². The van der Waals surface area contributed by atoms with Gasteiger partial charge in [0.05, 0.1) is 0 Å². The van der Waals surface area contributed by atoms with Gasteiger partial charge in [0.15, 0.2) is 6.10 Å². The highest BCUT2D eigenvalue weighted by atomic mass is 16.6. The predicted octanol–water partition coefficient (Wildman–Crippen LogP) is 24.1. The molecule has 0 saturated heterocycles. The molecule has 0 aromatic heterocycles. The molecule has 0 aliphatic rings. The molecule has 0 fully saturated rings. The number of hydrogen-bond acceptors (Lipinski definition) is 6. The van der Waals surface area contributed by atoms with Gasteiger partial charge in [0, 0.05) is 19.3 Å². The number of rotatable bonds is 64. The highest BCUT2D eigenvalue weighted by Crippen LogP contribution is 2.18. The Morgan fingerprint density at radius 3 is 0.762 bits per heavy atom. The van der Waals surface area contributed by atoms with E-state index in [1.165, 1.54) is 231 Å². The summed E-state index contributed by atoms with van der Waals surface area (Å²) in [6, 6.07) is 0. The lowest BCUT2D eigenvalue weighted by Gasteiger charge is -2.18. The van der Waals surface area contributed by atoms with Gasteiger partial charge in [-0.25, -0.2) is 0 Å². The van der Waals surface area contributed by atoms with Crippen LogP contribution in [0.3, 0.4) is 0 Å². The zero-order valence-electron chi connectivity index (χ0n) is 53.3. The molecular weight excluding hydrogens is 985 g/mol. The van der Waals surface area contributed by atoms with Gasteiger partial charge in [0.1, 0.15) is 13.2 Å². The molecule has 80 heavy (non-hydrogen) atoms. The summed E-state index contributed by atoms with van der Waals surface area (Å²) < 4.78 is 16.9. The first kappa shape index (κ1) is 76.9. The molecule has 0 N–H and O–H groups in total. The van der Waals surface area contributed by atoms with Crippen LogP contribution in [0.5, 0.6) is 0 Å². The third-order valence-electron chi connectivity index (χ3n) is 15.4. The van der Waals surface area contributed by atoms with Gasteiger partial charge in [-0.2, -0.15) is 0 Å². The van der Waals surface area contributed by atoms with Crippen molar-refractivity contribution in [3.05, 3.63) is 72.9 Å². The Morgan fingerprint density at radius 2 is 0.487 bits per heavy atom. The van der Waals surface area contributed by atoms with E-state index in [0.717, 1.165) is 89.9 Å². The minimum Gasteiger partial charge on any atom is -0.462 e. The average molecular weight is 1120 g/mol.